The predicted octanol–water partition coefficient (Wildman–Crippen LogP) is 5.12. The fourth-order valence-electron chi connectivity index (χ4n) is 3.57. The molecule has 5 nitrogen and oxygen atoms in total. The maximum absolute atomic E-state index is 13.3. The molecule has 0 bridgehead atoms. The fourth-order valence-corrected chi connectivity index (χ4v) is 3.86. The van der Waals surface area contributed by atoms with Crippen LogP contribution in [0.15, 0.2) is 48.2 Å². The van der Waals surface area contributed by atoms with Crippen LogP contribution in [-0.2, 0) is 19.0 Å². The van der Waals surface area contributed by atoms with Gasteiger partial charge in [0.05, 0.1) is 18.2 Å². The van der Waals surface area contributed by atoms with Crippen LogP contribution in [0.25, 0.3) is 16.7 Å². The molecule has 31 heavy (non-hydrogen) atoms. The van der Waals surface area contributed by atoms with Crippen LogP contribution in [0.4, 0.5) is 4.39 Å². The highest BCUT2D eigenvalue weighted by molar-refractivity contribution is 7.79. The lowest BCUT2D eigenvalue weighted by Crippen LogP contribution is -2.42. The molecule has 2 aromatic carbocycles. The number of rotatable bonds is 7. The van der Waals surface area contributed by atoms with Gasteiger partial charge in [0.25, 0.3) is 5.91 Å². The van der Waals surface area contributed by atoms with Crippen LogP contribution in [-0.4, -0.2) is 37.5 Å². The summed E-state index contributed by atoms with van der Waals surface area (Å²) in [6, 6.07) is 11.4. The Balaban J connectivity index is 2.12. The zero-order valence-corrected chi connectivity index (χ0v) is 19.0. The number of benzene rings is 2. The van der Waals surface area contributed by atoms with Gasteiger partial charge in [0.15, 0.2) is 0 Å². The first-order chi connectivity index (χ1) is 14.8. The van der Waals surface area contributed by atoms with E-state index in [1.807, 2.05) is 13.0 Å². The van der Waals surface area contributed by atoms with Gasteiger partial charge in [-0.25, -0.2) is 4.39 Å². The van der Waals surface area contributed by atoms with E-state index in [1.165, 1.54) is 19.2 Å². The Hall–Kier alpha value is -2.48. The molecule has 1 aliphatic rings. The van der Waals surface area contributed by atoms with Crippen LogP contribution in [0.3, 0.4) is 0 Å². The summed E-state index contributed by atoms with van der Waals surface area (Å²) in [5.74, 6) is -0.308. The Labute approximate surface area is 191 Å². The summed E-state index contributed by atoms with van der Waals surface area (Å²) in [5.41, 5.74) is 1.53. The van der Waals surface area contributed by atoms with E-state index < -0.39 is 5.54 Å². The van der Waals surface area contributed by atoms with Gasteiger partial charge < -0.3 is 19.5 Å². The Bertz CT molecular complexity index is 1020. The number of ether oxygens (including phenoxy) is 3. The van der Waals surface area contributed by atoms with Crippen molar-refractivity contribution in [3.63, 3.8) is 0 Å². The van der Waals surface area contributed by atoms with Crippen molar-refractivity contribution in [3.8, 4) is 11.1 Å². The maximum atomic E-state index is 13.3. The second kappa shape index (κ2) is 9.77. The summed E-state index contributed by atoms with van der Waals surface area (Å²) in [5, 5.41) is 3.27. The van der Waals surface area contributed by atoms with E-state index in [2.05, 4.69) is 5.32 Å². The molecule has 0 saturated heterocycles. The lowest BCUT2D eigenvalue weighted by Gasteiger charge is -2.27. The van der Waals surface area contributed by atoms with E-state index in [4.69, 9.17) is 38.0 Å². The molecule has 0 unspecified atom stereocenters. The van der Waals surface area contributed by atoms with Gasteiger partial charge in [-0.1, -0.05) is 29.8 Å². The van der Waals surface area contributed by atoms with Crippen LogP contribution >= 0.6 is 23.8 Å². The van der Waals surface area contributed by atoms with Crippen molar-refractivity contribution >= 4 is 40.5 Å². The number of hydrogen-bond donors (Lipinski definition) is 1. The Morgan fingerprint density at radius 1 is 1.16 bits per heavy atom. The fraction of sp³-hybridized carbons (Fsp3) is 0.304. The Morgan fingerprint density at radius 3 is 2.48 bits per heavy atom. The molecule has 0 radical (unpaired) electrons. The van der Waals surface area contributed by atoms with E-state index in [0.717, 1.165) is 11.1 Å². The third-order valence-electron chi connectivity index (χ3n) is 5.14. The lowest BCUT2D eigenvalue weighted by atomic mass is 9.92. The van der Waals surface area contributed by atoms with Crippen molar-refractivity contribution < 1.29 is 23.4 Å². The molecule has 1 amide bonds. The summed E-state index contributed by atoms with van der Waals surface area (Å²) < 4.78 is 29.3. The number of hydrogen-bond acceptors (Lipinski definition) is 5. The lowest BCUT2D eigenvalue weighted by molar-refractivity contribution is -0.116. The Kier molecular flexibility index (Phi) is 7.30. The number of thiocarbonyl (C=S) groups is 1. The minimum Gasteiger partial charge on any atom is -0.460 e. The van der Waals surface area contributed by atoms with E-state index >= 15 is 0 Å². The molecule has 1 atom stereocenters. The van der Waals surface area contributed by atoms with Gasteiger partial charge in [0.2, 0.25) is 0 Å². The standard InChI is InChI=1S/C23H23ClFNO4S/c1-23(11-4-12-28-2)20(30-22(31)29-3)19(21(27)26-23)17-13-15(7-10-18(17)24)14-5-8-16(25)9-6-14/h5-10,13H,4,11-12H2,1-3H3,(H,26,27)/t23-/m1/s1. The highest BCUT2D eigenvalue weighted by Gasteiger charge is 2.44. The normalized spacial score (nSPS) is 18.2. The van der Waals surface area contributed by atoms with Gasteiger partial charge in [0.1, 0.15) is 11.6 Å². The number of nitrogens with one attached hydrogen (secondary N) is 1. The number of halogens is 2. The molecule has 1 heterocycles. The van der Waals surface area contributed by atoms with Crippen LogP contribution in [0, 0.1) is 5.82 Å². The van der Waals surface area contributed by atoms with Gasteiger partial charge in [-0.2, -0.15) is 0 Å². The largest absolute Gasteiger partial charge is 0.460 e. The van der Waals surface area contributed by atoms with Crippen molar-refractivity contribution in [1.82, 2.24) is 5.32 Å². The first-order valence-electron chi connectivity index (χ1n) is 9.67. The monoisotopic (exact) mass is 463 g/mol. The molecule has 0 saturated carbocycles. The van der Waals surface area contributed by atoms with E-state index in [0.29, 0.717) is 35.8 Å². The Morgan fingerprint density at radius 2 is 1.84 bits per heavy atom. The number of carbonyl (C=O) groups is 1. The smallest absolute Gasteiger partial charge is 0.357 e. The summed E-state index contributed by atoms with van der Waals surface area (Å²) in [4.78, 5) is 13.1. The third kappa shape index (κ3) is 5.06. The van der Waals surface area contributed by atoms with Crippen molar-refractivity contribution in [2.75, 3.05) is 20.8 Å². The van der Waals surface area contributed by atoms with Crippen molar-refractivity contribution in [2.45, 2.75) is 25.3 Å². The molecule has 164 valence electrons. The average Bonchev–Trinajstić information content (AvgIpc) is 2.98. The van der Waals surface area contributed by atoms with E-state index in [1.54, 1.807) is 31.4 Å². The number of amides is 1. The summed E-state index contributed by atoms with van der Waals surface area (Å²) in [6.45, 7) is 2.39. The first-order valence-corrected chi connectivity index (χ1v) is 10.5. The van der Waals surface area contributed by atoms with Crippen molar-refractivity contribution in [3.05, 3.63) is 64.6 Å². The SMILES string of the molecule is COCCC[C@@]1(C)NC(=O)C(c2cc(-c3ccc(F)cc3)ccc2Cl)=C1OC(=S)OC. The molecule has 2 aromatic rings. The molecule has 1 N–H and O–H groups in total. The zero-order valence-electron chi connectivity index (χ0n) is 17.5. The van der Waals surface area contributed by atoms with Crippen LogP contribution in [0.1, 0.15) is 25.3 Å². The molecular formula is C23H23ClFNO4S. The predicted molar refractivity (Wildman–Crippen MR) is 122 cm³/mol. The van der Waals surface area contributed by atoms with E-state index in [9.17, 15) is 9.18 Å². The number of methoxy groups -OCH3 is 2. The van der Waals surface area contributed by atoms with Gasteiger partial charge in [-0.15, -0.1) is 0 Å². The molecule has 8 heteroatoms. The maximum Gasteiger partial charge on any atom is 0.357 e. The number of carbonyl (C=O) groups excluding carboxylic acids is 1. The molecule has 0 aliphatic carbocycles. The molecule has 0 aromatic heterocycles. The second-order valence-corrected chi connectivity index (χ2v) is 8.08. The quantitative estimate of drug-likeness (QED) is 0.456. The third-order valence-corrected chi connectivity index (χ3v) is 5.71. The van der Waals surface area contributed by atoms with Gasteiger partial charge >= 0.3 is 5.24 Å². The van der Waals surface area contributed by atoms with Crippen molar-refractivity contribution in [1.29, 1.82) is 0 Å². The summed E-state index contributed by atoms with van der Waals surface area (Å²) in [7, 11) is 3.02. The molecule has 1 aliphatic heterocycles. The first kappa shape index (κ1) is 23.2. The van der Waals surface area contributed by atoms with Crippen LogP contribution in [0.2, 0.25) is 5.02 Å². The molecular weight excluding hydrogens is 441 g/mol. The van der Waals surface area contributed by atoms with Gasteiger partial charge in [-0.05, 0) is 55.2 Å². The summed E-state index contributed by atoms with van der Waals surface area (Å²) in [6.07, 6.45) is 1.25. The average molecular weight is 464 g/mol. The topological polar surface area (TPSA) is 56.8 Å². The van der Waals surface area contributed by atoms with Gasteiger partial charge in [-0.3, -0.25) is 4.79 Å². The zero-order chi connectivity index (χ0) is 22.6. The molecule has 0 fully saturated rings. The van der Waals surface area contributed by atoms with Crippen molar-refractivity contribution in [2.24, 2.45) is 0 Å². The van der Waals surface area contributed by atoms with E-state index in [-0.39, 0.29) is 22.5 Å². The highest BCUT2D eigenvalue weighted by Crippen LogP contribution is 2.40. The minimum atomic E-state index is -0.817. The summed E-state index contributed by atoms with van der Waals surface area (Å²) >= 11 is 11.6. The highest BCUT2D eigenvalue weighted by atomic mass is 35.5. The molecule has 3 rings (SSSR count). The minimum absolute atomic E-state index is 0.104. The molecule has 0 spiro atoms. The van der Waals surface area contributed by atoms with Gasteiger partial charge in [0, 0.05) is 36.5 Å². The second-order valence-electron chi connectivity index (χ2n) is 7.34. The van der Waals surface area contributed by atoms with Crippen LogP contribution < -0.4 is 5.32 Å². The van der Waals surface area contributed by atoms with Crippen LogP contribution in [0.5, 0.6) is 0 Å².